The summed E-state index contributed by atoms with van der Waals surface area (Å²) in [7, 11) is 0. The Bertz CT molecular complexity index is 863. The molecule has 2 aromatic rings. The zero-order valence-corrected chi connectivity index (χ0v) is 15.5. The predicted octanol–water partition coefficient (Wildman–Crippen LogP) is 3.82. The number of benzene rings is 1. The fourth-order valence-corrected chi connectivity index (χ4v) is 3.15. The molecule has 29 heavy (non-hydrogen) atoms. The number of piperazine rings is 1. The standard InChI is InChI=1S/C19H19F4N3O3/c1-13-11-25(12-14-3-2-4-16(7-14)29-19(21,22)23)5-6-26(13)18(27)28-17-8-15(20)9-24-10-17/h2-4,7-10,13H,5-6,11-12H2,1H3. The fourth-order valence-electron chi connectivity index (χ4n) is 3.15. The molecule has 156 valence electrons. The minimum absolute atomic E-state index is 0.0195. The summed E-state index contributed by atoms with van der Waals surface area (Å²) >= 11 is 0. The van der Waals surface area contributed by atoms with Crippen LogP contribution in [0.3, 0.4) is 0 Å². The number of amides is 1. The van der Waals surface area contributed by atoms with Crippen LogP contribution in [0.4, 0.5) is 22.4 Å². The number of nitrogens with zero attached hydrogens (tertiary/aromatic N) is 3. The molecule has 6 nitrogen and oxygen atoms in total. The molecule has 10 heteroatoms. The van der Waals surface area contributed by atoms with Gasteiger partial charge in [-0.05, 0) is 24.6 Å². The first-order valence-corrected chi connectivity index (χ1v) is 8.85. The molecule has 1 saturated heterocycles. The molecular weight excluding hydrogens is 394 g/mol. The van der Waals surface area contributed by atoms with E-state index < -0.39 is 18.3 Å². The number of hydrogen-bond acceptors (Lipinski definition) is 5. The highest BCUT2D eigenvalue weighted by molar-refractivity contribution is 5.71. The quantitative estimate of drug-likeness (QED) is 0.714. The van der Waals surface area contributed by atoms with Gasteiger partial charge in [-0.25, -0.2) is 9.18 Å². The molecule has 1 aliphatic heterocycles. The Labute approximate surface area is 164 Å². The molecule has 1 aliphatic rings. The summed E-state index contributed by atoms with van der Waals surface area (Å²) in [4.78, 5) is 19.5. The molecule has 3 rings (SSSR count). The van der Waals surface area contributed by atoms with E-state index in [0.29, 0.717) is 31.7 Å². The second-order valence-corrected chi connectivity index (χ2v) is 6.68. The van der Waals surface area contributed by atoms with Crippen LogP contribution in [0, 0.1) is 5.82 Å². The van der Waals surface area contributed by atoms with Crippen molar-refractivity contribution in [3.63, 3.8) is 0 Å². The molecular formula is C19H19F4N3O3. The molecule has 0 bridgehead atoms. The van der Waals surface area contributed by atoms with Crippen LogP contribution in [-0.4, -0.2) is 52.9 Å². The fraction of sp³-hybridized carbons (Fsp3) is 0.368. The van der Waals surface area contributed by atoms with Crippen LogP contribution in [0.15, 0.2) is 42.7 Å². The van der Waals surface area contributed by atoms with Gasteiger partial charge in [0.25, 0.3) is 0 Å². The minimum atomic E-state index is -4.74. The molecule has 1 aromatic heterocycles. The number of rotatable bonds is 4. The number of carbonyl (C=O) groups is 1. The van der Waals surface area contributed by atoms with E-state index in [-0.39, 0.29) is 17.5 Å². The summed E-state index contributed by atoms with van der Waals surface area (Å²) in [5, 5.41) is 0. The zero-order chi connectivity index (χ0) is 21.0. The minimum Gasteiger partial charge on any atom is -0.408 e. The summed E-state index contributed by atoms with van der Waals surface area (Å²) < 4.78 is 59.4. The second-order valence-electron chi connectivity index (χ2n) is 6.68. The lowest BCUT2D eigenvalue weighted by molar-refractivity contribution is -0.274. The van der Waals surface area contributed by atoms with Crippen molar-refractivity contribution >= 4 is 6.09 Å². The van der Waals surface area contributed by atoms with E-state index in [1.807, 2.05) is 11.8 Å². The summed E-state index contributed by atoms with van der Waals surface area (Å²) in [6.07, 6.45) is -3.09. The Morgan fingerprint density at radius 3 is 2.69 bits per heavy atom. The predicted molar refractivity (Wildman–Crippen MR) is 94.8 cm³/mol. The van der Waals surface area contributed by atoms with Gasteiger partial charge in [0.2, 0.25) is 0 Å². The van der Waals surface area contributed by atoms with Crippen LogP contribution >= 0.6 is 0 Å². The number of halogens is 4. The summed E-state index contributed by atoms with van der Waals surface area (Å²) in [5.41, 5.74) is 0.667. The lowest BCUT2D eigenvalue weighted by Crippen LogP contribution is -2.54. The van der Waals surface area contributed by atoms with Gasteiger partial charge < -0.3 is 14.4 Å². The van der Waals surface area contributed by atoms with Crippen LogP contribution in [-0.2, 0) is 6.54 Å². The van der Waals surface area contributed by atoms with Gasteiger partial charge >= 0.3 is 12.5 Å². The molecule has 1 atom stereocenters. The first-order valence-electron chi connectivity index (χ1n) is 8.85. The average molecular weight is 413 g/mol. The lowest BCUT2D eigenvalue weighted by Gasteiger charge is -2.39. The van der Waals surface area contributed by atoms with Crippen molar-refractivity contribution in [3.05, 3.63) is 54.1 Å². The summed E-state index contributed by atoms with van der Waals surface area (Å²) in [6, 6.07) is 6.67. The Kier molecular flexibility index (Phi) is 6.21. The van der Waals surface area contributed by atoms with E-state index in [1.165, 1.54) is 29.3 Å². The number of carbonyl (C=O) groups excluding carboxylic acids is 1. The van der Waals surface area contributed by atoms with Crippen molar-refractivity contribution in [1.29, 1.82) is 0 Å². The van der Waals surface area contributed by atoms with Gasteiger partial charge in [-0.1, -0.05) is 12.1 Å². The molecule has 1 fully saturated rings. The third-order valence-corrected chi connectivity index (χ3v) is 4.37. The van der Waals surface area contributed by atoms with Gasteiger partial charge in [0.05, 0.1) is 12.4 Å². The van der Waals surface area contributed by atoms with E-state index in [2.05, 4.69) is 9.72 Å². The normalized spacial score (nSPS) is 17.8. The van der Waals surface area contributed by atoms with Gasteiger partial charge in [0.1, 0.15) is 11.6 Å². The first-order chi connectivity index (χ1) is 13.7. The number of pyridine rings is 1. The van der Waals surface area contributed by atoms with Crippen molar-refractivity contribution in [2.45, 2.75) is 25.9 Å². The van der Waals surface area contributed by atoms with E-state index in [1.54, 1.807) is 6.07 Å². The van der Waals surface area contributed by atoms with Gasteiger partial charge in [0.15, 0.2) is 5.75 Å². The van der Waals surface area contributed by atoms with Crippen LogP contribution < -0.4 is 9.47 Å². The van der Waals surface area contributed by atoms with E-state index in [0.717, 1.165) is 12.3 Å². The van der Waals surface area contributed by atoms with Gasteiger partial charge in [-0.2, -0.15) is 0 Å². The monoisotopic (exact) mass is 413 g/mol. The summed E-state index contributed by atoms with van der Waals surface area (Å²) in [6.45, 7) is 3.62. The summed E-state index contributed by atoms with van der Waals surface area (Å²) in [5.74, 6) is -0.857. The third-order valence-electron chi connectivity index (χ3n) is 4.37. The Hall–Kier alpha value is -2.88. The van der Waals surface area contributed by atoms with Gasteiger partial charge in [-0.15, -0.1) is 13.2 Å². The molecule has 0 aliphatic carbocycles. The van der Waals surface area contributed by atoms with Crippen molar-refractivity contribution in [1.82, 2.24) is 14.8 Å². The first kappa shape index (κ1) is 20.8. The average Bonchev–Trinajstić information content (AvgIpc) is 2.60. The largest absolute Gasteiger partial charge is 0.573 e. The van der Waals surface area contributed by atoms with Crippen molar-refractivity contribution in [2.75, 3.05) is 19.6 Å². The van der Waals surface area contributed by atoms with Crippen LogP contribution in [0.5, 0.6) is 11.5 Å². The van der Waals surface area contributed by atoms with Gasteiger partial charge in [0, 0.05) is 38.3 Å². The number of alkyl halides is 3. The molecule has 0 radical (unpaired) electrons. The number of hydrogen-bond donors (Lipinski definition) is 0. The van der Waals surface area contributed by atoms with Gasteiger partial charge in [-0.3, -0.25) is 9.88 Å². The van der Waals surface area contributed by atoms with Crippen molar-refractivity contribution in [2.24, 2.45) is 0 Å². The highest BCUT2D eigenvalue weighted by Crippen LogP contribution is 2.24. The maximum atomic E-state index is 13.2. The second kappa shape index (κ2) is 8.64. The molecule has 0 spiro atoms. The van der Waals surface area contributed by atoms with Crippen molar-refractivity contribution in [3.8, 4) is 11.5 Å². The van der Waals surface area contributed by atoms with Crippen LogP contribution in [0.2, 0.25) is 0 Å². The molecule has 0 saturated carbocycles. The highest BCUT2D eigenvalue weighted by Gasteiger charge is 2.31. The van der Waals surface area contributed by atoms with E-state index in [9.17, 15) is 22.4 Å². The molecule has 0 N–H and O–H groups in total. The number of aromatic nitrogens is 1. The molecule has 1 amide bonds. The Morgan fingerprint density at radius 1 is 1.21 bits per heavy atom. The smallest absolute Gasteiger partial charge is 0.408 e. The third kappa shape index (κ3) is 6.05. The highest BCUT2D eigenvalue weighted by atomic mass is 19.4. The maximum absolute atomic E-state index is 13.2. The topological polar surface area (TPSA) is 54.9 Å². The van der Waals surface area contributed by atoms with E-state index in [4.69, 9.17) is 4.74 Å². The Morgan fingerprint density at radius 2 is 2.00 bits per heavy atom. The van der Waals surface area contributed by atoms with Crippen LogP contribution in [0.25, 0.3) is 0 Å². The maximum Gasteiger partial charge on any atom is 0.573 e. The molecule has 1 unspecified atom stereocenters. The zero-order valence-electron chi connectivity index (χ0n) is 15.5. The number of ether oxygens (including phenoxy) is 2. The van der Waals surface area contributed by atoms with E-state index >= 15 is 0 Å². The van der Waals surface area contributed by atoms with Crippen LogP contribution in [0.1, 0.15) is 12.5 Å². The Balaban J connectivity index is 1.56. The molecule has 1 aromatic carbocycles. The lowest BCUT2D eigenvalue weighted by atomic mass is 10.1. The molecule has 2 heterocycles. The van der Waals surface area contributed by atoms with Crippen molar-refractivity contribution < 1.29 is 31.8 Å². The SMILES string of the molecule is CC1CN(Cc2cccc(OC(F)(F)F)c2)CCN1C(=O)Oc1cncc(F)c1.